The lowest BCUT2D eigenvalue weighted by Crippen LogP contribution is -2.66. The van der Waals surface area contributed by atoms with Crippen molar-refractivity contribution in [3.63, 3.8) is 0 Å². The highest BCUT2D eigenvalue weighted by atomic mass is 28.4. The molecule has 4 nitrogen and oxygen atoms in total. The van der Waals surface area contributed by atoms with Crippen LogP contribution in [0.15, 0.2) is 66.7 Å². The quantitative estimate of drug-likeness (QED) is 0.289. The van der Waals surface area contributed by atoms with E-state index in [4.69, 9.17) is 4.43 Å². The molecule has 3 rings (SSSR count). The van der Waals surface area contributed by atoms with E-state index in [1.807, 2.05) is 32.0 Å². The number of hydrogen-bond acceptors (Lipinski definition) is 3. The van der Waals surface area contributed by atoms with E-state index in [9.17, 15) is 10.1 Å². The number of nitro benzene ring substituents is 1. The Hall–Kier alpha value is -2.76. The molecule has 0 aliphatic heterocycles. The first kappa shape index (κ1) is 22.9. The highest BCUT2D eigenvalue weighted by Gasteiger charge is 2.50. The number of nitrogens with zero attached hydrogens (tertiary/aromatic N) is 1. The summed E-state index contributed by atoms with van der Waals surface area (Å²) in [5, 5.41) is 13.9. The van der Waals surface area contributed by atoms with Gasteiger partial charge in [-0.2, -0.15) is 0 Å². The van der Waals surface area contributed by atoms with E-state index >= 15 is 0 Å². The van der Waals surface area contributed by atoms with Crippen LogP contribution in [-0.2, 0) is 11.0 Å². The van der Waals surface area contributed by atoms with Crippen molar-refractivity contribution in [3.05, 3.63) is 99.1 Å². The first-order chi connectivity index (χ1) is 14.6. The Kier molecular flexibility index (Phi) is 6.48. The zero-order valence-electron chi connectivity index (χ0n) is 19.2. The van der Waals surface area contributed by atoms with Crippen LogP contribution >= 0.6 is 0 Å². The van der Waals surface area contributed by atoms with E-state index < -0.39 is 8.32 Å². The van der Waals surface area contributed by atoms with Crippen molar-refractivity contribution in [3.8, 4) is 0 Å². The third kappa shape index (κ3) is 4.20. The number of nitro groups is 1. The highest BCUT2D eigenvalue weighted by molar-refractivity contribution is 6.99. The molecule has 0 unspecified atom stereocenters. The maximum Gasteiger partial charge on any atom is 0.275 e. The first-order valence-electron chi connectivity index (χ1n) is 10.6. The molecule has 3 aromatic carbocycles. The molecular formula is C26H31NO3Si. The lowest BCUT2D eigenvalue weighted by Gasteiger charge is -2.43. The molecule has 3 aromatic rings. The molecule has 5 heteroatoms. The average molecular weight is 434 g/mol. The largest absolute Gasteiger partial charge is 0.403 e. The molecule has 0 saturated heterocycles. The maximum atomic E-state index is 11.7. The Morgan fingerprint density at radius 2 is 1.35 bits per heavy atom. The van der Waals surface area contributed by atoms with Gasteiger partial charge in [-0.15, -0.1) is 0 Å². The van der Waals surface area contributed by atoms with Crippen molar-refractivity contribution < 1.29 is 9.35 Å². The van der Waals surface area contributed by atoms with Gasteiger partial charge in [-0.1, -0.05) is 81.4 Å². The van der Waals surface area contributed by atoms with E-state index in [0.717, 1.165) is 11.1 Å². The molecule has 0 atom stereocenters. The van der Waals surface area contributed by atoms with E-state index in [0.29, 0.717) is 17.7 Å². The van der Waals surface area contributed by atoms with Crippen LogP contribution in [0, 0.1) is 30.9 Å². The van der Waals surface area contributed by atoms with Crippen LogP contribution in [0.2, 0.25) is 5.04 Å². The summed E-state index contributed by atoms with van der Waals surface area (Å²) in [5.74, 6) is 0. The van der Waals surface area contributed by atoms with Crippen LogP contribution < -0.4 is 10.4 Å². The molecule has 0 spiro atoms. The maximum absolute atomic E-state index is 11.7. The van der Waals surface area contributed by atoms with E-state index in [1.54, 1.807) is 6.92 Å². The fraction of sp³-hybridized carbons (Fsp3) is 0.308. The number of rotatable bonds is 6. The fourth-order valence-electron chi connectivity index (χ4n) is 4.66. The van der Waals surface area contributed by atoms with Crippen molar-refractivity contribution in [1.29, 1.82) is 0 Å². The van der Waals surface area contributed by atoms with Gasteiger partial charge in [0.25, 0.3) is 14.0 Å². The lowest BCUT2D eigenvalue weighted by atomic mass is 9.98. The average Bonchev–Trinajstić information content (AvgIpc) is 2.70. The normalized spacial score (nSPS) is 12.1. The van der Waals surface area contributed by atoms with Crippen molar-refractivity contribution in [2.45, 2.75) is 53.2 Å². The molecule has 0 saturated carbocycles. The second-order valence-corrected chi connectivity index (χ2v) is 13.5. The van der Waals surface area contributed by atoms with Gasteiger partial charge in [0, 0.05) is 11.1 Å². The second kappa shape index (κ2) is 8.77. The predicted molar refractivity (Wildman–Crippen MR) is 130 cm³/mol. The smallest absolute Gasteiger partial charge is 0.275 e. The lowest BCUT2D eigenvalue weighted by molar-refractivity contribution is -0.386. The Morgan fingerprint density at radius 3 is 1.77 bits per heavy atom. The van der Waals surface area contributed by atoms with Gasteiger partial charge in [0.2, 0.25) is 0 Å². The van der Waals surface area contributed by atoms with Crippen LogP contribution in [0.4, 0.5) is 5.69 Å². The molecule has 0 aliphatic rings. The summed E-state index contributed by atoms with van der Waals surface area (Å²) < 4.78 is 7.00. The van der Waals surface area contributed by atoms with E-state index in [2.05, 4.69) is 69.3 Å². The van der Waals surface area contributed by atoms with Gasteiger partial charge in [-0.05, 0) is 53.4 Å². The van der Waals surface area contributed by atoms with Crippen molar-refractivity contribution in [1.82, 2.24) is 0 Å². The van der Waals surface area contributed by atoms with Gasteiger partial charge < -0.3 is 4.43 Å². The van der Waals surface area contributed by atoms with Crippen LogP contribution in [0.5, 0.6) is 0 Å². The fourth-order valence-corrected chi connectivity index (χ4v) is 9.18. The number of benzene rings is 3. The molecule has 162 valence electrons. The molecule has 0 bridgehead atoms. The molecule has 0 N–H and O–H groups in total. The van der Waals surface area contributed by atoms with Gasteiger partial charge in [-0.3, -0.25) is 10.1 Å². The molecule has 0 aromatic heterocycles. The van der Waals surface area contributed by atoms with Crippen molar-refractivity contribution in [2.24, 2.45) is 0 Å². The van der Waals surface area contributed by atoms with Gasteiger partial charge in [0.1, 0.15) is 0 Å². The molecule has 0 fully saturated rings. The molecule has 0 aliphatic carbocycles. The summed E-state index contributed by atoms with van der Waals surface area (Å²) in [6.07, 6.45) is 0. The first-order valence-corrected chi connectivity index (χ1v) is 12.5. The van der Waals surface area contributed by atoms with Crippen molar-refractivity contribution in [2.75, 3.05) is 0 Å². The predicted octanol–water partition coefficient (Wildman–Crippen LogP) is 5.60. The summed E-state index contributed by atoms with van der Waals surface area (Å²) in [7, 11) is -2.71. The van der Waals surface area contributed by atoms with Crippen LogP contribution in [-0.4, -0.2) is 13.2 Å². The van der Waals surface area contributed by atoms with E-state index in [1.165, 1.54) is 10.4 Å². The second-order valence-electron chi connectivity index (χ2n) is 9.17. The number of aryl methyl sites for hydroxylation is 2. The van der Waals surface area contributed by atoms with Crippen LogP contribution in [0.1, 0.15) is 43.0 Å². The summed E-state index contributed by atoms with van der Waals surface area (Å²) in [4.78, 5) is 11.4. The molecular weight excluding hydrogens is 402 g/mol. The summed E-state index contributed by atoms with van der Waals surface area (Å²) in [6, 6.07) is 22.8. The topological polar surface area (TPSA) is 52.4 Å². The third-order valence-corrected chi connectivity index (χ3v) is 11.1. The zero-order valence-corrected chi connectivity index (χ0v) is 20.2. The SMILES string of the molecule is Cc1cc(C)c([N+](=O)[O-])c(C)c1CO[Si](c1ccccc1)(c1ccccc1)C(C)(C)C. The molecule has 31 heavy (non-hydrogen) atoms. The monoisotopic (exact) mass is 433 g/mol. The van der Waals surface area contributed by atoms with Crippen LogP contribution in [0.3, 0.4) is 0 Å². The van der Waals surface area contributed by atoms with Gasteiger partial charge in [0.15, 0.2) is 0 Å². The molecule has 0 amide bonds. The summed E-state index contributed by atoms with van der Waals surface area (Å²) >= 11 is 0. The Bertz CT molecular complexity index is 1030. The van der Waals surface area contributed by atoms with Gasteiger partial charge >= 0.3 is 0 Å². The van der Waals surface area contributed by atoms with Crippen LogP contribution in [0.25, 0.3) is 0 Å². The summed E-state index contributed by atoms with van der Waals surface area (Å²) in [5.41, 5.74) is 3.50. The minimum absolute atomic E-state index is 0.145. The van der Waals surface area contributed by atoms with Gasteiger partial charge in [0.05, 0.1) is 11.5 Å². The minimum Gasteiger partial charge on any atom is -0.403 e. The number of hydrogen-bond donors (Lipinski definition) is 0. The summed E-state index contributed by atoms with van der Waals surface area (Å²) in [6.45, 7) is 12.7. The Labute approximate surface area is 186 Å². The van der Waals surface area contributed by atoms with Gasteiger partial charge in [-0.25, -0.2) is 0 Å². The minimum atomic E-state index is -2.71. The molecule has 0 radical (unpaired) electrons. The Morgan fingerprint density at radius 1 is 0.871 bits per heavy atom. The highest BCUT2D eigenvalue weighted by Crippen LogP contribution is 2.38. The molecule has 0 heterocycles. The Balaban J connectivity index is 2.18. The zero-order chi connectivity index (χ0) is 22.8. The standard InChI is InChI=1S/C26H31NO3Si/c1-19-17-20(2)25(27(28)29)21(3)24(19)18-30-31(26(4,5)6,22-13-9-7-10-14-22)23-15-11-8-12-16-23/h7-17H,18H2,1-6H3. The third-order valence-electron chi connectivity index (χ3n) is 6.12. The van der Waals surface area contributed by atoms with E-state index in [-0.39, 0.29) is 15.6 Å². The van der Waals surface area contributed by atoms with Crippen molar-refractivity contribution >= 4 is 24.4 Å².